The highest BCUT2D eigenvalue weighted by Crippen LogP contribution is 2.32. The molecule has 0 aromatic heterocycles. The Labute approximate surface area is 82.0 Å². The molecule has 0 aliphatic heterocycles. The van der Waals surface area contributed by atoms with E-state index in [2.05, 4.69) is 19.2 Å². The van der Waals surface area contributed by atoms with Crippen molar-refractivity contribution in [1.29, 1.82) is 0 Å². The summed E-state index contributed by atoms with van der Waals surface area (Å²) in [6.07, 6.45) is 6.39. The normalized spacial score (nSPS) is 20.8. The molecular formula is C11H23NO. The molecule has 0 aromatic carbocycles. The molecule has 1 saturated carbocycles. The van der Waals surface area contributed by atoms with Crippen LogP contribution in [0.3, 0.4) is 0 Å². The van der Waals surface area contributed by atoms with Crippen molar-refractivity contribution < 1.29 is 4.74 Å². The molecule has 0 bridgehead atoms. The minimum atomic E-state index is 0.184. The van der Waals surface area contributed by atoms with Crippen LogP contribution in [0.4, 0.5) is 0 Å². The van der Waals surface area contributed by atoms with E-state index in [1.54, 1.807) is 0 Å². The summed E-state index contributed by atoms with van der Waals surface area (Å²) in [7, 11) is 0. The van der Waals surface area contributed by atoms with Gasteiger partial charge in [-0.25, -0.2) is 0 Å². The van der Waals surface area contributed by atoms with Crippen molar-refractivity contribution in [3.63, 3.8) is 0 Å². The molecule has 78 valence electrons. The van der Waals surface area contributed by atoms with Crippen molar-refractivity contribution in [1.82, 2.24) is 5.32 Å². The molecule has 0 heterocycles. The van der Waals surface area contributed by atoms with Crippen molar-refractivity contribution in [2.45, 2.75) is 51.6 Å². The van der Waals surface area contributed by atoms with Gasteiger partial charge in [0.15, 0.2) is 0 Å². The quantitative estimate of drug-likeness (QED) is 0.641. The van der Waals surface area contributed by atoms with E-state index in [0.29, 0.717) is 0 Å². The Hall–Kier alpha value is -0.0800. The van der Waals surface area contributed by atoms with E-state index in [1.807, 2.05) is 0 Å². The largest absolute Gasteiger partial charge is 0.374 e. The summed E-state index contributed by atoms with van der Waals surface area (Å²) < 4.78 is 5.87. The van der Waals surface area contributed by atoms with E-state index in [-0.39, 0.29) is 5.60 Å². The van der Waals surface area contributed by atoms with E-state index in [0.717, 1.165) is 19.7 Å². The van der Waals surface area contributed by atoms with Crippen molar-refractivity contribution in [3.05, 3.63) is 0 Å². The second-order valence-electron chi connectivity index (χ2n) is 4.00. The maximum Gasteiger partial charge on any atom is 0.0806 e. The molecule has 13 heavy (non-hydrogen) atoms. The Morgan fingerprint density at radius 3 is 2.46 bits per heavy atom. The van der Waals surface area contributed by atoms with Crippen LogP contribution in [0.1, 0.15) is 46.0 Å². The van der Waals surface area contributed by atoms with Crippen LogP contribution in [0.25, 0.3) is 0 Å². The third kappa shape index (κ3) is 3.28. The van der Waals surface area contributed by atoms with Gasteiger partial charge < -0.3 is 10.1 Å². The van der Waals surface area contributed by atoms with Gasteiger partial charge in [-0.15, -0.1) is 0 Å². The molecule has 1 fully saturated rings. The molecular weight excluding hydrogens is 162 g/mol. The molecule has 0 spiro atoms. The molecule has 0 atom stereocenters. The molecule has 1 rings (SSSR count). The molecule has 0 radical (unpaired) electrons. The van der Waals surface area contributed by atoms with E-state index in [1.165, 1.54) is 32.1 Å². The highest BCUT2D eigenvalue weighted by atomic mass is 16.5. The fourth-order valence-corrected chi connectivity index (χ4v) is 2.19. The maximum atomic E-state index is 5.87. The van der Waals surface area contributed by atoms with Crippen LogP contribution in [-0.2, 0) is 4.74 Å². The number of hydrogen-bond donors (Lipinski definition) is 1. The lowest BCUT2D eigenvalue weighted by atomic mass is 10.0. The van der Waals surface area contributed by atoms with Gasteiger partial charge >= 0.3 is 0 Å². The molecule has 0 amide bonds. The minimum Gasteiger partial charge on any atom is -0.374 e. The first-order valence-electron chi connectivity index (χ1n) is 5.67. The van der Waals surface area contributed by atoms with Crippen LogP contribution in [0.2, 0.25) is 0 Å². The molecule has 2 nitrogen and oxygen atoms in total. The fraction of sp³-hybridized carbons (Fsp3) is 1.00. The summed E-state index contributed by atoms with van der Waals surface area (Å²) in [5.41, 5.74) is 0.184. The first kappa shape index (κ1) is 11.0. The Kier molecular flexibility index (Phi) is 4.74. The van der Waals surface area contributed by atoms with E-state index < -0.39 is 0 Å². The Morgan fingerprint density at radius 1 is 1.23 bits per heavy atom. The highest BCUT2D eigenvalue weighted by Gasteiger charge is 2.33. The Morgan fingerprint density at radius 2 is 1.92 bits per heavy atom. The number of ether oxygens (including phenoxy) is 1. The van der Waals surface area contributed by atoms with Crippen molar-refractivity contribution >= 4 is 0 Å². The predicted molar refractivity (Wildman–Crippen MR) is 56.0 cm³/mol. The Bertz CT molecular complexity index is 130. The van der Waals surface area contributed by atoms with E-state index >= 15 is 0 Å². The van der Waals surface area contributed by atoms with Gasteiger partial charge in [0.1, 0.15) is 0 Å². The highest BCUT2D eigenvalue weighted by molar-refractivity contribution is 4.88. The zero-order chi connectivity index (χ0) is 9.57. The first-order chi connectivity index (χ1) is 6.33. The third-order valence-electron chi connectivity index (χ3n) is 2.84. The van der Waals surface area contributed by atoms with Crippen molar-refractivity contribution in [3.8, 4) is 0 Å². The van der Waals surface area contributed by atoms with Gasteiger partial charge in [0.2, 0.25) is 0 Å². The van der Waals surface area contributed by atoms with Crippen LogP contribution < -0.4 is 5.32 Å². The maximum absolute atomic E-state index is 5.87. The smallest absolute Gasteiger partial charge is 0.0806 e. The zero-order valence-electron chi connectivity index (χ0n) is 9.07. The SMILES string of the molecule is CCCNCC1(OCC)CCCC1. The molecule has 0 aromatic rings. The van der Waals surface area contributed by atoms with E-state index in [9.17, 15) is 0 Å². The monoisotopic (exact) mass is 185 g/mol. The van der Waals surface area contributed by atoms with Crippen LogP contribution in [0.5, 0.6) is 0 Å². The van der Waals surface area contributed by atoms with Crippen LogP contribution >= 0.6 is 0 Å². The molecule has 0 unspecified atom stereocenters. The van der Waals surface area contributed by atoms with Gasteiger partial charge in [-0.1, -0.05) is 19.8 Å². The van der Waals surface area contributed by atoms with E-state index in [4.69, 9.17) is 4.74 Å². The summed E-state index contributed by atoms with van der Waals surface area (Å²) in [4.78, 5) is 0. The molecule has 1 N–H and O–H groups in total. The standard InChI is InChI=1S/C11H23NO/c1-3-9-12-10-11(13-4-2)7-5-6-8-11/h12H,3-10H2,1-2H3. The Balaban J connectivity index is 2.28. The first-order valence-corrected chi connectivity index (χ1v) is 5.67. The average Bonchev–Trinajstić information content (AvgIpc) is 2.55. The molecule has 2 heteroatoms. The van der Waals surface area contributed by atoms with Gasteiger partial charge in [-0.3, -0.25) is 0 Å². The average molecular weight is 185 g/mol. The summed E-state index contributed by atoms with van der Waals surface area (Å²) in [5.74, 6) is 0. The number of hydrogen-bond acceptors (Lipinski definition) is 2. The zero-order valence-corrected chi connectivity index (χ0v) is 9.07. The third-order valence-corrected chi connectivity index (χ3v) is 2.84. The lowest BCUT2D eigenvalue weighted by Crippen LogP contribution is -2.41. The summed E-state index contributed by atoms with van der Waals surface area (Å²) in [6.45, 7) is 7.33. The minimum absolute atomic E-state index is 0.184. The van der Waals surface area contributed by atoms with Crippen LogP contribution in [-0.4, -0.2) is 25.3 Å². The lowest BCUT2D eigenvalue weighted by molar-refractivity contribution is -0.0324. The summed E-state index contributed by atoms with van der Waals surface area (Å²) in [6, 6.07) is 0. The second kappa shape index (κ2) is 5.61. The molecule has 1 aliphatic carbocycles. The van der Waals surface area contributed by atoms with Crippen LogP contribution in [0, 0.1) is 0 Å². The van der Waals surface area contributed by atoms with Crippen molar-refractivity contribution in [2.24, 2.45) is 0 Å². The summed E-state index contributed by atoms with van der Waals surface area (Å²) >= 11 is 0. The van der Waals surface area contributed by atoms with Gasteiger partial charge in [0.25, 0.3) is 0 Å². The lowest BCUT2D eigenvalue weighted by Gasteiger charge is -2.29. The van der Waals surface area contributed by atoms with Gasteiger partial charge in [-0.05, 0) is 32.7 Å². The van der Waals surface area contributed by atoms with Crippen molar-refractivity contribution in [2.75, 3.05) is 19.7 Å². The topological polar surface area (TPSA) is 21.3 Å². The summed E-state index contributed by atoms with van der Waals surface area (Å²) in [5, 5.41) is 3.48. The van der Waals surface area contributed by atoms with Crippen LogP contribution in [0.15, 0.2) is 0 Å². The second-order valence-corrected chi connectivity index (χ2v) is 4.00. The fourth-order valence-electron chi connectivity index (χ4n) is 2.19. The molecule has 1 aliphatic rings. The van der Waals surface area contributed by atoms with Gasteiger partial charge in [-0.2, -0.15) is 0 Å². The predicted octanol–water partition coefficient (Wildman–Crippen LogP) is 2.34. The molecule has 0 saturated heterocycles. The number of nitrogens with one attached hydrogen (secondary N) is 1. The van der Waals surface area contributed by atoms with Gasteiger partial charge in [0.05, 0.1) is 5.60 Å². The number of rotatable bonds is 6. The van der Waals surface area contributed by atoms with Gasteiger partial charge in [0, 0.05) is 13.2 Å².